The van der Waals surface area contributed by atoms with Gasteiger partial charge in [-0.25, -0.2) is 13.1 Å². The maximum atomic E-state index is 13.4. The summed E-state index contributed by atoms with van der Waals surface area (Å²) in [6, 6.07) is 11.2. The minimum Gasteiger partial charge on any atom is -0.490 e. The molecule has 1 unspecified atom stereocenters. The number of benzene rings is 2. The Morgan fingerprint density at radius 2 is 1.98 bits per heavy atom. The number of amides is 1. The summed E-state index contributed by atoms with van der Waals surface area (Å²) >= 11 is 6.38. The molecule has 43 heavy (non-hydrogen) atoms. The minimum atomic E-state index is -3.98. The van der Waals surface area contributed by atoms with Crippen molar-refractivity contribution in [3.05, 3.63) is 70.3 Å². The SMILES string of the molecule is C[C@@H]1[C@@H](C)C/C=C\C(O)(CO)[C@@H]2CC[C@H]2CN2C[C@@]3(CCCc4cc(Cl)ccc43)COc3ccc(cc32)C(=O)NS1(=O)=O. The van der Waals surface area contributed by atoms with Gasteiger partial charge in [0.15, 0.2) is 0 Å². The highest BCUT2D eigenvalue weighted by atomic mass is 35.5. The number of hydrogen-bond donors (Lipinski definition) is 3. The second-order valence-electron chi connectivity index (χ2n) is 13.2. The summed E-state index contributed by atoms with van der Waals surface area (Å²) in [5.41, 5.74) is 1.68. The molecule has 2 bridgehead atoms. The lowest BCUT2D eigenvalue weighted by molar-refractivity contribution is -0.0770. The van der Waals surface area contributed by atoms with E-state index >= 15 is 0 Å². The molecule has 0 radical (unpaired) electrons. The highest BCUT2D eigenvalue weighted by Crippen LogP contribution is 2.48. The predicted molar refractivity (Wildman–Crippen MR) is 167 cm³/mol. The monoisotopic (exact) mass is 628 g/mol. The van der Waals surface area contributed by atoms with E-state index in [0.717, 1.165) is 37.8 Å². The van der Waals surface area contributed by atoms with Crippen LogP contribution >= 0.6 is 11.6 Å². The van der Waals surface area contributed by atoms with E-state index in [-0.39, 0.29) is 28.7 Å². The number of carbonyl (C=O) groups excluding carboxylic acids is 1. The number of fused-ring (bicyclic) bond motifs is 4. The topological polar surface area (TPSA) is 116 Å². The Morgan fingerprint density at radius 3 is 2.72 bits per heavy atom. The molecule has 232 valence electrons. The maximum absolute atomic E-state index is 13.4. The van der Waals surface area contributed by atoms with Crippen LogP contribution in [0.5, 0.6) is 5.75 Å². The number of hydrogen-bond acceptors (Lipinski definition) is 7. The van der Waals surface area contributed by atoms with Crippen molar-refractivity contribution in [1.82, 2.24) is 4.72 Å². The first-order valence-corrected chi connectivity index (χ1v) is 17.2. The number of anilines is 1. The fraction of sp³-hybridized carbons (Fsp3) is 0.545. The van der Waals surface area contributed by atoms with Crippen LogP contribution in [0.2, 0.25) is 5.02 Å². The molecule has 6 rings (SSSR count). The third-order valence-electron chi connectivity index (χ3n) is 10.5. The smallest absolute Gasteiger partial charge is 0.264 e. The molecule has 10 heteroatoms. The number of nitrogens with one attached hydrogen (secondary N) is 1. The Bertz CT molecular complexity index is 1550. The zero-order chi connectivity index (χ0) is 30.6. The largest absolute Gasteiger partial charge is 0.490 e. The fourth-order valence-electron chi connectivity index (χ4n) is 7.54. The van der Waals surface area contributed by atoms with Gasteiger partial charge in [-0.2, -0.15) is 0 Å². The van der Waals surface area contributed by atoms with Crippen LogP contribution in [0.15, 0.2) is 48.6 Å². The highest BCUT2D eigenvalue weighted by molar-refractivity contribution is 7.90. The van der Waals surface area contributed by atoms with Gasteiger partial charge >= 0.3 is 0 Å². The van der Waals surface area contributed by atoms with E-state index in [9.17, 15) is 23.4 Å². The average molecular weight is 629 g/mol. The van der Waals surface area contributed by atoms with Gasteiger partial charge < -0.3 is 19.8 Å². The molecule has 1 spiro atoms. The Hall–Kier alpha value is -2.59. The number of nitrogens with zero attached hydrogens (tertiary/aromatic N) is 1. The number of rotatable bonds is 1. The zero-order valence-corrected chi connectivity index (χ0v) is 26.3. The number of sulfonamides is 1. The van der Waals surface area contributed by atoms with Gasteiger partial charge in [0.05, 0.1) is 24.2 Å². The zero-order valence-electron chi connectivity index (χ0n) is 24.8. The van der Waals surface area contributed by atoms with Gasteiger partial charge in [0.1, 0.15) is 11.4 Å². The van der Waals surface area contributed by atoms with E-state index in [0.29, 0.717) is 36.9 Å². The Morgan fingerprint density at radius 1 is 1.16 bits per heavy atom. The summed E-state index contributed by atoms with van der Waals surface area (Å²) in [6.45, 7) is 4.65. The van der Waals surface area contributed by atoms with Crippen molar-refractivity contribution in [2.75, 3.05) is 31.2 Å². The highest BCUT2D eigenvalue weighted by Gasteiger charge is 2.48. The molecule has 2 aliphatic carbocycles. The normalized spacial score (nSPS) is 34.5. The van der Waals surface area contributed by atoms with E-state index in [4.69, 9.17) is 16.3 Å². The number of aryl methyl sites for hydroxylation is 1. The van der Waals surface area contributed by atoms with Gasteiger partial charge in [-0.1, -0.05) is 36.7 Å². The molecule has 0 aromatic heterocycles. The standard InChI is InChI=1S/C33H41ClN2O6S/c1-21-5-3-14-33(39,19-37)28-10-7-25(28)17-36-18-32(13-4-6-23-15-26(34)9-11-27(23)32)20-42-30-12-8-24(16-29(30)36)31(38)35-43(40,41)22(21)2/h3,8-9,11-12,14-16,21-22,25,28,37,39H,4-7,10,13,17-20H2,1-2H3,(H,35,38)/b14-3-/t21-,22+,25-,28+,32-,33?/m0/s1. The van der Waals surface area contributed by atoms with Gasteiger partial charge in [-0.05, 0) is 105 Å². The second-order valence-corrected chi connectivity index (χ2v) is 15.7. The van der Waals surface area contributed by atoms with Crippen molar-refractivity contribution in [2.45, 2.75) is 68.6 Å². The third kappa shape index (κ3) is 5.58. The first-order valence-electron chi connectivity index (χ1n) is 15.3. The number of halogens is 1. The Balaban J connectivity index is 1.45. The molecular weight excluding hydrogens is 588 g/mol. The molecule has 1 saturated carbocycles. The van der Waals surface area contributed by atoms with Crippen LogP contribution in [0.3, 0.4) is 0 Å². The first kappa shape index (κ1) is 30.4. The fourth-order valence-corrected chi connectivity index (χ4v) is 9.02. The second kappa shape index (κ2) is 11.4. The molecule has 1 amide bonds. The number of allylic oxidation sites excluding steroid dienone is 1. The molecule has 0 saturated heterocycles. The van der Waals surface area contributed by atoms with E-state index in [1.807, 2.05) is 12.1 Å². The number of carbonyl (C=O) groups is 1. The quantitative estimate of drug-likeness (QED) is 0.395. The Labute approximate surface area is 259 Å². The van der Waals surface area contributed by atoms with Crippen LogP contribution in [0.4, 0.5) is 5.69 Å². The molecule has 2 heterocycles. The number of aliphatic hydroxyl groups excluding tert-OH is 1. The molecule has 2 aliphatic heterocycles. The van der Waals surface area contributed by atoms with Crippen molar-refractivity contribution in [3.8, 4) is 5.75 Å². The lowest BCUT2D eigenvalue weighted by atomic mass is 9.64. The van der Waals surface area contributed by atoms with Gasteiger partial charge in [-0.15, -0.1) is 0 Å². The summed E-state index contributed by atoms with van der Waals surface area (Å²) in [6.07, 6.45) is 8.34. The average Bonchev–Trinajstić information content (AvgIpc) is 3.11. The first-order chi connectivity index (χ1) is 20.4. The van der Waals surface area contributed by atoms with E-state index in [2.05, 4.69) is 15.7 Å². The van der Waals surface area contributed by atoms with E-state index < -0.39 is 33.4 Å². The summed E-state index contributed by atoms with van der Waals surface area (Å²) in [5.74, 6) is -0.424. The van der Waals surface area contributed by atoms with Gasteiger partial charge in [-0.3, -0.25) is 4.79 Å². The van der Waals surface area contributed by atoms with Crippen molar-refractivity contribution in [3.63, 3.8) is 0 Å². The van der Waals surface area contributed by atoms with Crippen LogP contribution in [0.25, 0.3) is 0 Å². The maximum Gasteiger partial charge on any atom is 0.264 e. The van der Waals surface area contributed by atoms with Crippen molar-refractivity contribution in [1.29, 1.82) is 0 Å². The van der Waals surface area contributed by atoms with Crippen molar-refractivity contribution >= 4 is 33.2 Å². The lowest BCUT2D eigenvalue weighted by Gasteiger charge is -2.48. The lowest BCUT2D eigenvalue weighted by Crippen LogP contribution is -2.53. The molecule has 2 aromatic rings. The third-order valence-corrected chi connectivity index (χ3v) is 12.7. The molecule has 2 aromatic carbocycles. The Kier molecular flexibility index (Phi) is 8.07. The van der Waals surface area contributed by atoms with Crippen LogP contribution in [0, 0.1) is 17.8 Å². The van der Waals surface area contributed by atoms with Crippen LogP contribution in [0.1, 0.15) is 67.4 Å². The van der Waals surface area contributed by atoms with E-state index in [1.54, 1.807) is 44.2 Å². The van der Waals surface area contributed by atoms with Gasteiger partial charge in [0, 0.05) is 29.1 Å². The summed E-state index contributed by atoms with van der Waals surface area (Å²) < 4.78 is 35.2. The van der Waals surface area contributed by atoms with Gasteiger partial charge in [0.2, 0.25) is 10.0 Å². The number of aliphatic hydroxyl groups is 2. The summed E-state index contributed by atoms with van der Waals surface area (Å²) in [7, 11) is -3.98. The molecule has 6 atom stereocenters. The molecular formula is C33H41ClN2O6S. The van der Waals surface area contributed by atoms with Gasteiger partial charge in [0.25, 0.3) is 5.91 Å². The van der Waals surface area contributed by atoms with Crippen LogP contribution in [-0.2, 0) is 21.9 Å². The summed E-state index contributed by atoms with van der Waals surface area (Å²) in [4.78, 5) is 15.6. The molecule has 4 aliphatic rings. The molecule has 8 nitrogen and oxygen atoms in total. The molecule has 3 N–H and O–H groups in total. The van der Waals surface area contributed by atoms with E-state index in [1.165, 1.54) is 11.1 Å². The van der Waals surface area contributed by atoms with Crippen LogP contribution in [-0.4, -0.2) is 61.7 Å². The molecule has 1 fully saturated rings. The van der Waals surface area contributed by atoms with Crippen molar-refractivity contribution in [2.24, 2.45) is 17.8 Å². The summed E-state index contributed by atoms with van der Waals surface area (Å²) in [5, 5.41) is 21.8. The minimum absolute atomic E-state index is 0.0974. The van der Waals surface area contributed by atoms with Crippen LogP contribution < -0.4 is 14.4 Å². The van der Waals surface area contributed by atoms with Crippen molar-refractivity contribution < 1.29 is 28.2 Å². The predicted octanol–water partition coefficient (Wildman–Crippen LogP) is 4.61. The number of ether oxygens (including phenoxy) is 1.